The normalized spacial score (nSPS) is 13.4. The van der Waals surface area contributed by atoms with E-state index in [-0.39, 0.29) is 23.7 Å². The molecule has 0 bridgehead atoms. The number of rotatable bonds is 13. The zero-order valence-electron chi connectivity index (χ0n) is 23.4. The van der Waals surface area contributed by atoms with Crippen LogP contribution in [0.4, 0.5) is 30.8 Å². The summed E-state index contributed by atoms with van der Waals surface area (Å²) in [7, 11) is 0. The van der Waals surface area contributed by atoms with Crippen molar-refractivity contribution in [1.82, 2.24) is 30.0 Å². The lowest BCUT2D eigenvalue weighted by molar-refractivity contribution is -0.154. The Kier molecular flexibility index (Phi) is 9.88. The van der Waals surface area contributed by atoms with Crippen molar-refractivity contribution in [2.75, 3.05) is 29.5 Å². The number of aromatic nitrogens is 4. The van der Waals surface area contributed by atoms with Gasteiger partial charge < -0.3 is 20.7 Å². The first-order valence-electron chi connectivity index (χ1n) is 13.6. The topological polar surface area (TPSA) is 143 Å². The molecule has 5 rings (SSSR count). The predicted molar refractivity (Wildman–Crippen MR) is 164 cm³/mol. The van der Waals surface area contributed by atoms with E-state index >= 15 is 0 Å². The Labute approximate surface area is 264 Å². The van der Waals surface area contributed by atoms with Gasteiger partial charge in [0.15, 0.2) is 6.61 Å². The molecule has 16 heteroatoms. The summed E-state index contributed by atoms with van der Waals surface area (Å²) in [6, 6.07) is 16.3. The van der Waals surface area contributed by atoms with Crippen molar-refractivity contribution >= 4 is 52.9 Å². The third-order valence-electron chi connectivity index (χ3n) is 6.46. The smallest absolute Gasteiger partial charge is 0.422 e. The fourth-order valence-electron chi connectivity index (χ4n) is 4.10. The van der Waals surface area contributed by atoms with E-state index in [2.05, 4.69) is 40.6 Å². The van der Waals surface area contributed by atoms with Crippen LogP contribution in [0.5, 0.6) is 6.01 Å². The quantitative estimate of drug-likeness (QED) is 0.107. The van der Waals surface area contributed by atoms with Gasteiger partial charge in [0.2, 0.25) is 11.9 Å². The highest BCUT2D eigenvalue weighted by Crippen LogP contribution is 2.48. The number of carbonyl (C=O) groups excluding carboxylic acids is 2. The molecule has 0 spiro atoms. The lowest BCUT2D eigenvalue weighted by atomic mass is 10.1. The van der Waals surface area contributed by atoms with Crippen molar-refractivity contribution in [3.63, 3.8) is 0 Å². The number of alkyl halides is 3. The first kappa shape index (κ1) is 31.8. The largest absolute Gasteiger partial charge is 0.454 e. The third-order valence-corrected chi connectivity index (χ3v) is 7.45. The van der Waals surface area contributed by atoms with Crippen molar-refractivity contribution in [2.45, 2.75) is 24.6 Å². The van der Waals surface area contributed by atoms with Gasteiger partial charge in [0, 0.05) is 41.0 Å². The minimum atomic E-state index is -4.59. The summed E-state index contributed by atoms with van der Waals surface area (Å²) in [6.07, 6.45) is -0.0380. The first-order chi connectivity index (χ1) is 21.6. The van der Waals surface area contributed by atoms with Gasteiger partial charge in [0.25, 0.3) is 11.8 Å². The molecule has 0 aliphatic heterocycles. The van der Waals surface area contributed by atoms with Crippen LogP contribution in [0, 0.1) is 0 Å². The molecule has 2 aromatic heterocycles. The van der Waals surface area contributed by atoms with Crippen LogP contribution in [0.15, 0.2) is 73.1 Å². The summed E-state index contributed by atoms with van der Waals surface area (Å²) >= 11 is 7.15. The van der Waals surface area contributed by atoms with Crippen molar-refractivity contribution in [3.05, 3.63) is 94.8 Å². The second-order valence-corrected chi connectivity index (χ2v) is 11.2. The van der Waals surface area contributed by atoms with Crippen molar-refractivity contribution in [2.24, 2.45) is 0 Å². The van der Waals surface area contributed by atoms with Crippen LogP contribution in [0.2, 0.25) is 5.02 Å². The van der Waals surface area contributed by atoms with Gasteiger partial charge >= 0.3 is 12.2 Å². The zero-order valence-corrected chi connectivity index (χ0v) is 25.0. The molecule has 0 radical (unpaired) electrons. The van der Waals surface area contributed by atoms with E-state index in [1.54, 1.807) is 54.7 Å². The van der Waals surface area contributed by atoms with Crippen LogP contribution in [0.25, 0.3) is 0 Å². The van der Waals surface area contributed by atoms with Gasteiger partial charge in [-0.15, -0.1) is 0 Å². The maximum atomic E-state index is 12.8. The molecule has 1 fully saturated rings. The second kappa shape index (κ2) is 14.0. The molecule has 4 aromatic rings. The van der Waals surface area contributed by atoms with Crippen LogP contribution >= 0.6 is 23.5 Å². The Hall–Kier alpha value is -4.63. The number of hydrogen-bond donors (Lipinski definition) is 4. The van der Waals surface area contributed by atoms with Crippen LogP contribution in [0.1, 0.15) is 39.1 Å². The highest BCUT2D eigenvalue weighted by Gasteiger charge is 2.45. The fourth-order valence-corrected chi connectivity index (χ4v) is 4.78. The maximum Gasteiger partial charge on any atom is 0.422 e. The molecular weight excluding hydrogens is 633 g/mol. The standard InChI is InChI=1S/C29H26ClF3N8O3S/c30-21-7-5-20(6-8-21)28(11-12-28)40-26-37-25(38-27(39-26)44-17-29(31,32)33)36-22-9-3-18(4-10-22)24(43)41-45-15-14-35-23(42)19-2-1-13-34-16-19/h1-10,13,16H,11-12,14-15,17H2,(H,35,42)(H,41,43)(H2,36,37,38,39,40). The monoisotopic (exact) mass is 658 g/mol. The van der Waals surface area contributed by atoms with Crippen LogP contribution in [-0.4, -0.2) is 56.8 Å². The molecule has 4 N–H and O–H groups in total. The Morgan fingerprint density at radius 1 is 0.933 bits per heavy atom. The van der Waals surface area contributed by atoms with E-state index in [9.17, 15) is 22.8 Å². The zero-order chi connectivity index (χ0) is 31.9. The fraction of sp³-hybridized carbons (Fsp3) is 0.241. The number of carbonyl (C=O) groups is 2. The van der Waals surface area contributed by atoms with Gasteiger partial charge in [-0.25, -0.2) is 0 Å². The molecule has 1 aliphatic carbocycles. The summed E-state index contributed by atoms with van der Waals surface area (Å²) < 4.78 is 46.1. The van der Waals surface area contributed by atoms with Crippen LogP contribution in [0.3, 0.4) is 0 Å². The van der Waals surface area contributed by atoms with Gasteiger partial charge in [-0.2, -0.15) is 28.1 Å². The molecule has 0 atom stereocenters. The number of nitrogens with one attached hydrogen (secondary N) is 4. The molecule has 0 saturated heterocycles. The number of amides is 2. The number of ether oxygens (including phenoxy) is 1. The van der Waals surface area contributed by atoms with E-state index < -0.39 is 24.3 Å². The van der Waals surface area contributed by atoms with Gasteiger partial charge in [0.05, 0.1) is 11.1 Å². The average molecular weight is 659 g/mol. The molecule has 2 aromatic carbocycles. The second-order valence-electron chi connectivity index (χ2n) is 9.86. The third kappa shape index (κ3) is 9.18. The number of benzene rings is 2. The number of pyridine rings is 1. The lowest BCUT2D eigenvalue weighted by Gasteiger charge is -2.19. The predicted octanol–water partition coefficient (Wildman–Crippen LogP) is 5.51. The highest BCUT2D eigenvalue weighted by atomic mass is 35.5. The minimum Gasteiger partial charge on any atom is -0.454 e. The molecule has 1 saturated carbocycles. The average Bonchev–Trinajstić information content (AvgIpc) is 3.80. The number of nitrogens with zero attached hydrogens (tertiary/aromatic N) is 4. The van der Waals surface area contributed by atoms with Crippen molar-refractivity contribution < 1.29 is 27.5 Å². The van der Waals surface area contributed by atoms with Gasteiger partial charge in [-0.3, -0.25) is 19.3 Å². The lowest BCUT2D eigenvalue weighted by Crippen LogP contribution is -2.27. The molecular formula is C29H26ClF3N8O3S. The first-order valence-corrected chi connectivity index (χ1v) is 14.9. The number of halogens is 4. The van der Waals surface area contributed by atoms with E-state index in [1.165, 1.54) is 6.20 Å². The molecule has 45 heavy (non-hydrogen) atoms. The van der Waals surface area contributed by atoms with E-state index in [4.69, 9.17) is 16.3 Å². The molecule has 234 valence electrons. The molecule has 1 aliphatic rings. The summed E-state index contributed by atoms with van der Waals surface area (Å²) in [5, 5.41) is 9.45. The van der Waals surface area contributed by atoms with Crippen molar-refractivity contribution in [3.8, 4) is 6.01 Å². The summed E-state index contributed by atoms with van der Waals surface area (Å²) in [6.45, 7) is -1.24. The van der Waals surface area contributed by atoms with Crippen LogP contribution < -0.4 is 25.4 Å². The SMILES string of the molecule is O=C(NCCSNC(=O)c1ccc(Nc2nc(NC3(c4ccc(Cl)cc4)CC3)nc(OCC(F)(F)F)n2)cc1)c1cccnc1. The Morgan fingerprint density at radius 3 is 2.33 bits per heavy atom. The summed E-state index contributed by atoms with van der Waals surface area (Å²) in [4.78, 5) is 40.9. The highest BCUT2D eigenvalue weighted by molar-refractivity contribution is 7.97. The molecule has 11 nitrogen and oxygen atoms in total. The number of anilines is 3. The Balaban J connectivity index is 1.19. The minimum absolute atomic E-state index is 0.0294. The maximum absolute atomic E-state index is 12.8. The van der Waals surface area contributed by atoms with Gasteiger partial charge in [-0.05, 0) is 78.9 Å². The molecule has 2 heterocycles. The molecule has 2 amide bonds. The summed E-state index contributed by atoms with van der Waals surface area (Å²) in [5.74, 6) is -0.201. The van der Waals surface area contributed by atoms with Gasteiger partial charge in [-0.1, -0.05) is 23.7 Å². The van der Waals surface area contributed by atoms with E-state index in [0.717, 1.165) is 30.4 Å². The van der Waals surface area contributed by atoms with E-state index in [1.807, 2.05) is 12.1 Å². The summed E-state index contributed by atoms with van der Waals surface area (Å²) in [5.41, 5.74) is 1.71. The van der Waals surface area contributed by atoms with E-state index in [0.29, 0.717) is 34.1 Å². The van der Waals surface area contributed by atoms with Crippen LogP contribution in [-0.2, 0) is 5.54 Å². The molecule has 0 unspecified atom stereocenters. The Morgan fingerprint density at radius 2 is 1.67 bits per heavy atom. The number of hydrogen-bond acceptors (Lipinski definition) is 10. The Bertz CT molecular complexity index is 1630. The van der Waals surface area contributed by atoms with Gasteiger partial charge in [0.1, 0.15) is 0 Å². The van der Waals surface area contributed by atoms with Crippen molar-refractivity contribution in [1.29, 1.82) is 0 Å².